The third-order valence-corrected chi connectivity index (χ3v) is 5.22. The molecule has 19 heavy (non-hydrogen) atoms. The molecule has 0 aromatic carbocycles. The molecule has 1 saturated heterocycles. The molecule has 2 fully saturated rings. The highest BCUT2D eigenvalue weighted by atomic mass is 15.2. The maximum atomic E-state index is 3.46. The minimum atomic E-state index is 0.751. The van der Waals surface area contributed by atoms with Crippen LogP contribution in [0.1, 0.15) is 77.0 Å². The molecule has 2 heteroatoms. The van der Waals surface area contributed by atoms with Crippen LogP contribution in [-0.2, 0) is 0 Å². The largest absolute Gasteiger partial charge is 0.316 e. The van der Waals surface area contributed by atoms with Gasteiger partial charge in [0.2, 0.25) is 0 Å². The minimum absolute atomic E-state index is 0.751. The smallest absolute Gasteiger partial charge is 0.0204 e. The molecular formula is C17H34N2. The Kier molecular flexibility index (Phi) is 7.23. The van der Waals surface area contributed by atoms with Crippen LogP contribution in [0, 0.1) is 0 Å². The molecule has 1 aliphatic carbocycles. The fraction of sp³-hybridized carbons (Fsp3) is 1.00. The number of nitrogens with zero attached hydrogens (tertiary/aromatic N) is 1. The van der Waals surface area contributed by atoms with Gasteiger partial charge in [-0.3, -0.25) is 4.90 Å². The van der Waals surface area contributed by atoms with Crippen LogP contribution in [0.5, 0.6) is 0 Å². The second-order valence-electron chi connectivity index (χ2n) is 6.68. The molecule has 112 valence electrons. The zero-order chi connectivity index (χ0) is 13.3. The third kappa shape index (κ3) is 5.43. The van der Waals surface area contributed by atoms with E-state index in [2.05, 4.69) is 17.3 Å². The van der Waals surface area contributed by atoms with Crippen molar-refractivity contribution < 1.29 is 0 Å². The molecule has 0 bridgehead atoms. The van der Waals surface area contributed by atoms with Crippen molar-refractivity contribution >= 4 is 0 Å². The molecule has 1 unspecified atom stereocenters. The molecule has 1 heterocycles. The Hall–Kier alpha value is -0.0800. The zero-order valence-corrected chi connectivity index (χ0v) is 13.0. The van der Waals surface area contributed by atoms with Gasteiger partial charge in [0.05, 0.1) is 0 Å². The fourth-order valence-corrected chi connectivity index (χ4v) is 3.86. The Morgan fingerprint density at radius 1 is 0.737 bits per heavy atom. The molecule has 0 amide bonds. The lowest BCUT2D eigenvalue weighted by atomic mass is 9.97. The van der Waals surface area contributed by atoms with Gasteiger partial charge in [0, 0.05) is 25.2 Å². The standard InChI is InChI=1S/C17H34N2/c1-18-16-13-14-19(15-16)17-11-9-7-5-3-2-4-6-8-10-12-17/h16-18H,2-15H2,1H3. The first-order chi connectivity index (χ1) is 9.40. The van der Waals surface area contributed by atoms with Crippen LogP contribution in [-0.4, -0.2) is 37.1 Å². The molecule has 0 radical (unpaired) electrons. The van der Waals surface area contributed by atoms with Gasteiger partial charge in [-0.2, -0.15) is 0 Å². The van der Waals surface area contributed by atoms with Crippen LogP contribution in [0.4, 0.5) is 0 Å². The predicted octanol–water partition coefficient (Wildman–Crippen LogP) is 3.95. The molecule has 0 spiro atoms. The van der Waals surface area contributed by atoms with Crippen molar-refractivity contribution in [3.05, 3.63) is 0 Å². The first-order valence-corrected chi connectivity index (χ1v) is 8.81. The topological polar surface area (TPSA) is 15.3 Å². The first-order valence-electron chi connectivity index (χ1n) is 8.81. The Labute approximate surface area is 120 Å². The van der Waals surface area contributed by atoms with Crippen LogP contribution in [0.3, 0.4) is 0 Å². The zero-order valence-electron chi connectivity index (χ0n) is 13.0. The van der Waals surface area contributed by atoms with Gasteiger partial charge in [0.15, 0.2) is 0 Å². The quantitative estimate of drug-likeness (QED) is 0.814. The predicted molar refractivity (Wildman–Crippen MR) is 83.6 cm³/mol. The number of rotatable bonds is 2. The number of hydrogen-bond donors (Lipinski definition) is 1. The Morgan fingerprint density at radius 2 is 1.26 bits per heavy atom. The summed E-state index contributed by atoms with van der Waals surface area (Å²) in [5.74, 6) is 0. The van der Waals surface area contributed by atoms with E-state index < -0.39 is 0 Å². The van der Waals surface area contributed by atoms with E-state index >= 15 is 0 Å². The van der Waals surface area contributed by atoms with Crippen molar-refractivity contribution in [2.75, 3.05) is 20.1 Å². The summed E-state index contributed by atoms with van der Waals surface area (Å²) >= 11 is 0. The first kappa shape index (κ1) is 15.3. The van der Waals surface area contributed by atoms with E-state index in [1.165, 1.54) is 90.1 Å². The van der Waals surface area contributed by atoms with Crippen molar-refractivity contribution in [2.45, 2.75) is 89.1 Å². The van der Waals surface area contributed by atoms with Gasteiger partial charge in [-0.05, 0) is 26.3 Å². The summed E-state index contributed by atoms with van der Waals surface area (Å²) < 4.78 is 0. The highest BCUT2D eigenvalue weighted by Crippen LogP contribution is 2.23. The van der Waals surface area contributed by atoms with E-state index in [1.807, 2.05) is 0 Å². The van der Waals surface area contributed by atoms with E-state index in [-0.39, 0.29) is 0 Å². The molecule has 1 saturated carbocycles. The minimum Gasteiger partial charge on any atom is -0.316 e. The summed E-state index contributed by atoms with van der Waals surface area (Å²) in [5.41, 5.74) is 0. The highest BCUT2D eigenvalue weighted by molar-refractivity contribution is 4.84. The van der Waals surface area contributed by atoms with Crippen LogP contribution in [0.25, 0.3) is 0 Å². The average Bonchev–Trinajstić information content (AvgIpc) is 2.88. The molecular weight excluding hydrogens is 232 g/mol. The highest BCUT2D eigenvalue weighted by Gasteiger charge is 2.26. The summed E-state index contributed by atoms with van der Waals surface area (Å²) in [6.07, 6.45) is 17.5. The lowest BCUT2D eigenvalue weighted by molar-refractivity contribution is 0.204. The maximum Gasteiger partial charge on any atom is 0.0204 e. The maximum absolute atomic E-state index is 3.46. The fourth-order valence-electron chi connectivity index (χ4n) is 3.86. The summed E-state index contributed by atoms with van der Waals surface area (Å²) in [5, 5.41) is 3.46. The van der Waals surface area contributed by atoms with Gasteiger partial charge in [-0.15, -0.1) is 0 Å². The third-order valence-electron chi connectivity index (χ3n) is 5.22. The molecule has 1 aliphatic heterocycles. The average molecular weight is 266 g/mol. The lowest BCUT2D eigenvalue weighted by Gasteiger charge is -2.28. The summed E-state index contributed by atoms with van der Waals surface area (Å²) in [4.78, 5) is 2.78. The van der Waals surface area contributed by atoms with Crippen molar-refractivity contribution in [3.8, 4) is 0 Å². The van der Waals surface area contributed by atoms with E-state index in [1.54, 1.807) is 0 Å². The molecule has 0 aromatic rings. The SMILES string of the molecule is CNC1CCN(C2CCCCCCCCCCC2)C1. The Balaban J connectivity index is 1.78. The number of likely N-dealkylation sites (N-methyl/N-ethyl adjacent to an activating group) is 1. The van der Waals surface area contributed by atoms with Crippen molar-refractivity contribution in [1.82, 2.24) is 10.2 Å². The van der Waals surface area contributed by atoms with Gasteiger partial charge in [0.1, 0.15) is 0 Å². The van der Waals surface area contributed by atoms with Crippen molar-refractivity contribution in [1.29, 1.82) is 0 Å². The summed E-state index contributed by atoms with van der Waals surface area (Å²) in [6.45, 7) is 2.62. The van der Waals surface area contributed by atoms with Crippen LogP contribution < -0.4 is 5.32 Å². The van der Waals surface area contributed by atoms with Crippen LogP contribution >= 0.6 is 0 Å². The molecule has 0 aromatic heterocycles. The molecule has 2 aliphatic rings. The molecule has 1 atom stereocenters. The summed E-state index contributed by atoms with van der Waals surface area (Å²) in [6, 6.07) is 1.64. The molecule has 2 nitrogen and oxygen atoms in total. The normalized spacial score (nSPS) is 29.8. The van der Waals surface area contributed by atoms with Gasteiger partial charge >= 0.3 is 0 Å². The molecule has 1 N–H and O–H groups in total. The van der Waals surface area contributed by atoms with Crippen molar-refractivity contribution in [3.63, 3.8) is 0 Å². The van der Waals surface area contributed by atoms with E-state index in [0.29, 0.717) is 0 Å². The van der Waals surface area contributed by atoms with E-state index in [4.69, 9.17) is 0 Å². The van der Waals surface area contributed by atoms with E-state index in [9.17, 15) is 0 Å². The van der Waals surface area contributed by atoms with Gasteiger partial charge in [-0.25, -0.2) is 0 Å². The van der Waals surface area contributed by atoms with E-state index in [0.717, 1.165) is 12.1 Å². The van der Waals surface area contributed by atoms with Gasteiger partial charge < -0.3 is 5.32 Å². The van der Waals surface area contributed by atoms with Gasteiger partial charge in [0.25, 0.3) is 0 Å². The van der Waals surface area contributed by atoms with Gasteiger partial charge in [-0.1, -0.05) is 57.8 Å². The van der Waals surface area contributed by atoms with Crippen molar-refractivity contribution in [2.24, 2.45) is 0 Å². The monoisotopic (exact) mass is 266 g/mol. The number of likely N-dealkylation sites (tertiary alicyclic amines) is 1. The van der Waals surface area contributed by atoms with Crippen LogP contribution in [0.2, 0.25) is 0 Å². The molecule has 2 rings (SSSR count). The number of hydrogen-bond acceptors (Lipinski definition) is 2. The number of nitrogens with one attached hydrogen (secondary N) is 1. The second-order valence-corrected chi connectivity index (χ2v) is 6.68. The Bertz CT molecular complexity index is 217. The Morgan fingerprint density at radius 3 is 1.74 bits per heavy atom. The van der Waals surface area contributed by atoms with Crippen LogP contribution in [0.15, 0.2) is 0 Å². The second kappa shape index (κ2) is 8.97. The lowest BCUT2D eigenvalue weighted by Crippen LogP contribution is -2.36. The summed E-state index contributed by atoms with van der Waals surface area (Å²) in [7, 11) is 2.12.